The van der Waals surface area contributed by atoms with Crippen molar-refractivity contribution in [2.75, 3.05) is 31.6 Å². The van der Waals surface area contributed by atoms with Gasteiger partial charge in [0.25, 0.3) is 0 Å². The Bertz CT molecular complexity index is 1010. The molecular weight excluding hydrogens is 366 g/mol. The summed E-state index contributed by atoms with van der Waals surface area (Å²) >= 11 is 0. The molecular formula is C23H25N3O3. The molecule has 1 amide bonds. The number of carbonyl (C=O) groups is 1. The number of methoxy groups -OCH3 is 1. The number of rotatable bonds is 5. The first-order valence-electron chi connectivity index (χ1n) is 9.74. The van der Waals surface area contributed by atoms with Crippen LogP contribution in [-0.2, 0) is 11.3 Å². The van der Waals surface area contributed by atoms with Crippen molar-refractivity contribution >= 4 is 11.6 Å². The lowest BCUT2D eigenvalue weighted by Crippen LogP contribution is -2.50. The van der Waals surface area contributed by atoms with E-state index < -0.39 is 0 Å². The normalized spacial score (nSPS) is 15.0. The molecule has 0 spiro atoms. The number of piperazine rings is 1. The molecule has 4 rings (SSSR count). The highest BCUT2D eigenvalue weighted by atomic mass is 16.5. The maximum Gasteiger partial charge on any atom is 0.241 e. The van der Waals surface area contributed by atoms with Crippen LogP contribution in [0.4, 0.5) is 5.69 Å². The highest BCUT2D eigenvalue weighted by Crippen LogP contribution is 2.27. The molecule has 2 heterocycles. The van der Waals surface area contributed by atoms with E-state index in [4.69, 9.17) is 14.1 Å². The lowest BCUT2D eigenvalue weighted by Gasteiger charge is -2.34. The molecule has 0 atom stereocenters. The number of benzene rings is 2. The summed E-state index contributed by atoms with van der Waals surface area (Å²) < 4.78 is 11.2. The largest absolute Gasteiger partial charge is 0.496 e. The SMILES string of the molecule is COc1ccc(-c2nc(CN3CCN(c4ccccc4)C(=O)C3)c(C)o2)cc1C. The lowest BCUT2D eigenvalue weighted by atomic mass is 10.1. The van der Waals surface area contributed by atoms with Crippen LogP contribution in [0.1, 0.15) is 17.0 Å². The van der Waals surface area contributed by atoms with Gasteiger partial charge >= 0.3 is 0 Å². The maximum absolute atomic E-state index is 12.6. The first kappa shape index (κ1) is 19.2. The zero-order valence-corrected chi connectivity index (χ0v) is 17.0. The van der Waals surface area contributed by atoms with Crippen LogP contribution in [0.25, 0.3) is 11.5 Å². The Morgan fingerprint density at radius 3 is 2.59 bits per heavy atom. The Morgan fingerprint density at radius 1 is 1.10 bits per heavy atom. The monoisotopic (exact) mass is 391 g/mol. The number of amides is 1. The number of para-hydroxylation sites is 1. The van der Waals surface area contributed by atoms with Gasteiger partial charge in [-0.15, -0.1) is 0 Å². The van der Waals surface area contributed by atoms with Gasteiger partial charge in [-0.3, -0.25) is 9.69 Å². The molecule has 1 aliphatic heterocycles. The zero-order chi connectivity index (χ0) is 20.4. The van der Waals surface area contributed by atoms with E-state index in [1.807, 2.05) is 67.3 Å². The highest BCUT2D eigenvalue weighted by molar-refractivity contribution is 5.95. The average molecular weight is 391 g/mol. The van der Waals surface area contributed by atoms with E-state index in [0.717, 1.165) is 40.6 Å². The molecule has 1 saturated heterocycles. The fourth-order valence-electron chi connectivity index (χ4n) is 3.66. The minimum absolute atomic E-state index is 0.106. The Labute approximate surface area is 170 Å². The number of hydrogen-bond donors (Lipinski definition) is 0. The summed E-state index contributed by atoms with van der Waals surface area (Å²) in [6.07, 6.45) is 0. The molecule has 0 saturated carbocycles. The topological polar surface area (TPSA) is 58.8 Å². The number of hydrogen-bond acceptors (Lipinski definition) is 5. The van der Waals surface area contributed by atoms with E-state index in [9.17, 15) is 4.79 Å². The van der Waals surface area contributed by atoms with Crippen LogP contribution in [0.2, 0.25) is 0 Å². The molecule has 2 aromatic carbocycles. The molecule has 0 N–H and O–H groups in total. The summed E-state index contributed by atoms with van der Waals surface area (Å²) in [7, 11) is 1.66. The van der Waals surface area contributed by atoms with Gasteiger partial charge in [0, 0.05) is 30.9 Å². The molecule has 0 aliphatic carbocycles. The summed E-state index contributed by atoms with van der Waals surface area (Å²) in [5.74, 6) is 2.32. The molecule has 1 aliphatic rings. The van der Waals surface area contributed by atoms with Crippen LogP contribution >= 0.6 is 0 Å². The van der Waals surface area contributed by atoms with Gasteiger partial charge in [0.1, 0.15) is 11.5 Å². The predicted octanol–water partition coefficient (Wildman–Crippen LogP) is 3.82. The predicted molar refractivity (Wildman–Crippen MR) is 112 cm³/mol. The molecule has 0 bridgehead atoms. The average Bonchev–Trinajstić information content (AvgIpc) is 3.09. The van der Waals surface area contributed by atoms with Crippen molar-refractivity contribution in [3.05, 3.63) is 65.5 Å². The van der Waals surface area contributed by atoms with Gasteiger partial charge < -0.3 is 14.1 Å². The molecule has 6 nitrogen and oxygen atoms in total. The Morgan fingerprint density at radius 2 is 1.90 bits per heavy atom. The molecule has 1 aromatic heterocycles. The molecule has 0 radical (unpaired) electrons. The molecule has 6 heteroatoms. The third-order valence-electron chi connectivity index (χ3n) is 5.28. The summed E-state index contributed by atoms with van der Waals surface area (Å²) in [5.41, 5.74) is 3.77. The summed E-state index contributed by atoms with van der Waals surface area (Å²) in [6, 6.07) is 15.7. The van der Waals surface area contributed by atoms with Crippen LogP contribution in [0.5, 0.6) is 5.75 Å². The second kappa shape index (κ2) is 8.09. The molecule has 150 valence electrons. The van der Waals surface area contributed by atoms with Gasteiger partial charge in [0.05, 0.1) is 19.3 Å². The van der Waals surface area contributed by atoms with E-state index in [2.05, 4.69) is 4.90 Å². The van der Waals surface area contributed by atoms with E-state index in [0.29, 0.717) is 25.5 Å². The number of aryl methyl sites for hydroxylation is 2. The van der Waals surface area contributed by atoms with Gasteiger partial charge in [0.2, 0.25) is 11.8 Å². The number of nitrogens with zero attached hydrogens (tertiary/aromatic N) is 3. The molecule has 3 aromatic rings. The minimum atomic E-state index is 0.106. The maximum atomic E-state index is 12.6. The van der Waals surface area contributed by atoms with Gasteiger partial charge in [0.15, 0.2) is 0 Å². The van der Waals surface area contributed by atoms with Crippen molar-refractivity contribution < 1.29 is 13.9 Å². The van der Waals surface area contributed by atoms with Gasteiger partial charge in [-0.1, -0.05) is 18.2 Å². The van der Waals surface area contributed by atoms with Gasteiger partial charge in [-0.2, -0.15) is 0 Å². The molecule has 1 fully saturated rings. The number of anilines is 1. The van der Waals surface area contributed by atoms with E-state index >= 15 is 0 Å². The van der Waals surface area contributed by atoms with E-state index in [1.54, 1.807) is 7.11 Å². The first-order valence-corrected chi connectivity index (χ1v) is 9.74. The first-order chi connectivity index (χ1) is 14.0. The Kier molecular flexibility index (Phi) is 5.36. The lowest BCUT2D eigenvalue weighted by molar-refractivity contribution is -0.121. The van der Waals surface area contributed by atoms with Gasteiger partial charge in [-0.05, 0) is 49.7 Å². The van der Waals surface area contributed by atoms with Crippen LogP contribution in [-0.4, -0.2) is 42.5 Å². The number of ether oxygens (including phenoxy) is 1. The van der Waals surface area contributed by atoms with E-state index in [-0.39, 0.29) is 5.91 Å². The van der Waals surface area contributed by atoms with Crippen molar-refractivity contribution in [1.29, 1.82) is 0 Å². The summed E-state index contributed by atoms with van der Waals surface area (Å²) in [4.78, 5) is 21.3. The standard InChI is InChI=1S/C23H25N3O3/c1-16-13-18(9-10-21(16)28-3)23-24-20(17(2)29-23)14-25-11-12-26(22(27)15-25)19-7-5-4-6-8-19/h4-10,13H,11-12,14-15H2,1-3H3. The summed E-state index contributed by atoms with van der Waals surface area (Å²) in [6.45, 7) is 6.35. The second-order valence-electron chi connectivity index (χ2n) is 7.30. The fourth-order valence-corrected chi connectivity index (χ4v) is 3.66. The Hall–Kier alpha value is -3.12. The molecule has 29 heavy (non-hydrogen) atoms. The van der Waals surface area contributed by atoms with Crippen LogP contribution in [0.3, 0.4) is 0 Å². The number of carbonyl (C=O) groups excluding carboxylic acids is 1. The third-order valence-corrected chi connectivity index (χ3v) is 5.28. The second-order valence-corrected chi connectivity index (χ2v) is 7.30. The summed E-state index contributed by atoms with van der Waals surface area (Å²) in [5, 5.41) is 0. The van der Waals surface area contributed by atoms with Crippen LogP contribution in [0, 0.1) is 13.8 Å². The van der Waals surface area contributed by atoms with E-state index in [1.165, 1.54) is 0 Å². The smallest absolute Gasteiger partial charge is 0.241 e. The third kappa shape index (κ3) is 4.03. The highest BCUT2D eigenvalue weighted by Gasteiger charge is 2.26. The van der Waals surface area contributed by atoms with Gasteiger partial charge in [-0.25, -0.2) is 4.98 Å². The zero-order valence-electron chi connectivity index (χ0n) is 17.0. The van der Waals surface area contributed by atoms with Crippen molar-refractivity contribution in [1.82, 2.24) is 9.88 Å². The van der Waals surface area contributed by atoms with Crippen molar-refractivity contribution in [3.8, 4) is 17.2 Å². The van der Waals surface area contributed by atoms with Crippen molar-refractivity contribution in [2.45, 2.75) is 20.4 Å². The minimum Gasteiger partial charge on any atom is -0.496 e. The van der Waals surface area contributed by atoms with Crippen molar-refractivity contribution in [2.24, 2.45) is 0 Å². The van der Waals surface area contributed by atoms with Crippen molar-refractivity contribution in [3.63, 3.8) is 0 Å². The number of aromatic nitrogens is 1. The number of oxazole rings is 1. The van der Waals surface area contributed by atoms with Crippen LogP contribution < -0.4 is 9.64 Å². The van der Waals surface area contributed by atoms with Crippen LogP contribution in [0.15, 0.2) is 52.9 Å². The fraction of sp³-hybridized carbons (Fsp3) is 0.304. The molecule has 0 unspecified atom stereocenters. The Balaban J connectivity index is 1.46. The quantitative estimate of drug-likeness (QED) is 0.662.